The van der Waals surface area contributed by atoms with E-state index in [0.717, 1.165) is 41.4 Å². The number of nitro benzene ring substituents is 4. The lowest BCUT2D eigenvalue weighted by atomic mass is 9.97. The van der Waals surface area contributed by atoms with Crippen LogP contribution in [0.15, 0.2) is 95.0 Å². The average Bonchev–Trinajstić information content (AvgIpc) is 3.45. The van der Waals surface area contributed by atoms with E-state index in [0.29, 0.717) is 11.1 Å². The number of nitro groups is 4. The maximum absolute atomic E-state index is 12.3. The second kappa shape index (κ2) is 12.8. The number of nitrogens with zero attached hydrogens (tertiary/aromatic N) is 9. The monoisotopic (exact) mass is 707 g/mol. The molecule has 0 saturated carbocycles. The Balaban J connectivity index is 1.65. The van der Waals surface area contributed by atoms with Crippen LogP contribution in [0, 0.1) is 40.5 Å². The Kier molecular flexibility index (Phi) is 8.51. The third kappa shape index (κ3) is 5.79. The first kappa shape index (κ1) is 32.7. The molecule has 0 spiro atoms. The number of aliphatic hydroxyl groups is 1. The molecule has 2 heterocycles. The molecule has 0 aromatic heterocycles. The smallest absolute Gasteiger partial charge is 0.301 e. The minimum absolute atomic E-state index is 0.0330. The van der Waals surface area contributed by atoms with Gasteiger partial charge in [-0.25, -0.2) is 15.0 Å². The SMILES string of the molecule is O=[N+]([O-])c1ccc(N2N=C3C(N=C(c4ccccc4)N(c4ccc([N+](=O)[O-])cc4[N+](=O)[O-])N3CO)C2c2ccc(Cl)cc2Cl)c([N+](=O)[O-])c1. The van der Waals surface area contributed by atoms with Crippen molar-refractivity contribution in [2.75, 3.05) is 16.7 Å². The van der Waals surface area contributed by atoms with E-state index in [4.69, 9.17) is 28.2 Å². The Bertz CT molecular complexity index is 2120. The zero-order valence-electron chi connectivity index (χ0n) is 24.4. The van der Waals surface area contributed by atoms with Crippen molar-refractivity contribution in [1.29, 1.82) is 0 Å². The summed E-state index contributed by atoms with van der Waals surface area (Å²) in [5.41, 5.74) is -2.21. The summed E-state index contributed by atoms with van der Waals surface area (Å²) >= 11 is 12.9. The molecule has 0 aliphatic carbocycles. The fourth-order valence-electron chi connectivity index (χ4n) is 5.57. The molecule has 0 saturated heterocycles. The molecule has 0 radical (unpaired) electrons. The van der Waals surface area contributed by atoms with E-state index < -0.39 is 61.3 Å². The van der Waals surface area contributed by atoms with Crippen LogP contribution in [0.3, 0.4) is 0 Å². The minimum atomic E-state index is -1.12. The topological polar surface area (TPSA) is 227 Å². The number of hydrogen-bond acceptors (Lipinski definition) is 14. The number of aliphatic imine (C=N–C) groups is 1. The second-order valence-corrected chi connectivity index (χ2v) is 11.2. The van der Waals surface area contributed by atoms with Gasteiger partial charge in [0.05, 0.1) is 31.8 Å². The van der Waals surface area contributed by atoms with E-state index >= 15 is 0 Å². The van der Waals surface area contributed by atoms with Gasteiger partial charge in [-0.05, 0) is 29.8 Å². The van der Waals surface area contributed by atoms with Crippen LogP contribution < -0.4 is 10.0 Å². The van der Waals surface area contributed by atoms with Crippen molar-refractivity contribution >= 4 is 69.0 Å². The number of non-ortho nitro benzene ring substituents is 2. The highest BCUT2D eigenvalue weighted by atomic mass is 35.5. The number of benzene rings is 4. The third-order valence-electron chi connectivity index (χ3n) is 7.66. The molecule has 20 heteroatoms. The van der Waals surface area contributed by atoms with Crippen LogP contribution in [0.1, 0.15) is 17.2 Å². The van der Waals surface area contributed by atoms with Gasteiger partial charge in [0.15, 0.2) is 11.7 Å². The largest absolute Gasteiger partial charge is 0.374 e. The number of anilines is 2. The fraction of sp³-hybridized carbons (Fsp3) is 0.103. The fourth-order valence-corrected chi connectivity index (χ4v) is 6.09. The highest BCUT2D eigenvalue weighted by molar-refractivity contribution is 6.35. The molecule has 1 N–H and O–H groups in total. The third-order valence-corrected chi connectivity index (χ3v) is 8.22. The van der Waals surface area contributed by atoms with Crippen LogP contribution in [-0.4, -0.2) is 54.3 Å². The zero-order valence-corrected chi connectivity index (χ0v) is 26.0. The second-order valence-electron chi connectivity index (χ2n) is 10.4. The summed E-state index contributed by atoms with van der Waals surface area (Å²) in [6.07, 6.45) is 0. The standard InChI is InChI=1S/C29H19Cl2N9O9/c30-17-6-9-20(21(31)12-17)27-26-29(33-35(27)22-10-7-18(37(42)43)13-24(22)39(46)47)34(15-41)36(28(32-26)16-4-2-1-3-5-16)23-11-8-19(38(44)45)14-25(23)40(48)49/h1-14,26-27,41H,15H2. The summed E-state index contributed by atoms with van der Waals surface area (Å²) < 4.78 is 0. The maximum Gasteiger partial charge on any atom is 0.301 e. The summed E-state index contributed by atoms with van der Waals surface area (Å²) in [5, 5.41) is 66.9. The van der Waals surface area contributed by atoms with E-state index in [2.05, 4.69) is 5.10 Å². The van der Waals surface area contributed by atoms with Gasteiger partial charge in [-0.3, -0.25) is 45.4 Å². The lowest BCUT2D eigenvalue weighted by Crippen LogP contribution is -2.57. The quantitative estimate of drug-likeness (QED) is 0.156. The van der Waals surface area contributed by atoms with Crippen molar-refractivity contribution in [2.24, 2.45) is 10.1 Å². The van der Waals surface area contributed by atoms with Crippen LogP contribution in [0.25, 0.3) is 0 Å². The molecular weight excluding hydrogens is 689 g/mol. The highest BCUT2D eigenvalue weighted by Crippen LogP contribution is 2.47. The number of aliphatic hydroxyl groups excluding tert-OH is 1. The first-order chi connectivity index (χ1) is 23.4. The minimum Gasteiger partial charge on any atom is -0.374 e. The van der Waals surface area contributed by atoms with Gasteiger partial charge < -0.3 is 5.11 Å². The number of halogens is 2. The summed E-state index contributed by atoms with van der Waals surface area (Å²) in [4.78, 5) is 49.3. The molecule has 18 nitrogen and oxygen atoms in total. The van der Waals surface area contributed by atoms with Gasteiger partial charge >= 0.3 is 11.4 Å². The Hall–Kier alpha value is -6.24. The Morgan fingerprint density at radius 2 is 1.33 bits per heavy atom. The van der Waals surface area contributed by atoms with Crippen LogP contribution in [0.2, 0.25) is 10.0 Å². The number of hydrogen-bond donors (Lipinski definition) is 1. The average molecular weight is 708 g/mol. The van der Waals surface area contributed by atoms with Crippen LogP contribution >= 0.6 is 23.2 Å². The Morgan fingerprint density at radius 1 is 0.735 bits per heavy atom. The van der Waals surface area contributed by atoms with Gasteiger partial charge in [-0.15, -0.1) is 0 Å². The number of amidine groups is 2. The van der Waals surface area contributed by atoms with Crippen LogP contribution in [-0.2, 0) is 0 Å². The molecular formula is C29H19Cl2N9O9. The van der Waals surface area contributed by atoms with Crippen molar-refractivity contribution in [1.82, 2.24) is 5.01 Å². The number of hydrazone groups is 1. The molecule has 2 atom stereocenters. The highest BCUT2D eigenvalue weighted by Gasteiger charge is 2.50. The van der Waals surface area contributed by atoms with Gasteiger partial charge in [-0.2, -0.15) is 5.10 Å². The molecule has 248 valence electrons. The summed E-state index contributed by atoms with van der Waals surface area (Å²) in [7, 11) is 0. The molecule has 4 aromatic rings. The first-order valence-corrected chi connectivity index (χ1v) is 14.7. The molecule has 0 fully saturated rings. The van der Waals surface area contributed by atoms with Gasteiger partial charge in [0.25, 0.3) is 11.4 Å². The molecule has 0 bridgehead atoms. The Labute approximate surface area is 283 Å². The van der Waals surface area contributed by atoms with Crippen molar-refractivity contribution < 1.29 is 24.8 Å². The normalized spacial score (nSPS) is 16.9. The Morgan fingerprint density at radius 3 is 1.88 bits per heavy atom. The summed E-state index contributed by atoms with van der Waals surface area (Å²) in [5.74, 6) is -0.0378. The predicted octanol–water partition coefficient (Wildman–Crippen LogP) is 6.00. The molecule has 4 aromatic carbocycles. The molecule has 49 heavy (non-hydrogen) atoms. The lowest BCUT2D eigenvalue weighted by Gasteiger charge is -2.41. The van der Waals surface area contributed by atoms with E-state index in [1.54, 1.807) is 36.4 Å². The maximum atomic E-state index is 12.3. The lowest BCUT2D eigenvalue weighted by molar-refractivity contribution is -0.394. The van der Waals surface area contributed by atoms with E-state index in [9.17, 15) is 45.6 Å². The molecule has 6 rings (SSSR count). The van der Waals surface area contributed by atoms with Crippen LogP contribution in [0.4, 0.5) is 34.1 Å². The molecule has 0 amide bonds. The van der Waals surface area contributed by atoms with E-state index in [1.807, 2.05) is 0 Å². The zero-order chi connectivity index (χ0) is 35.1. The number of rotatable bonds is 9. The summed E-state index contributed by atoms with van der Waals surface area (Å²) in [6.45, 7) is -0.882. The number of hydrazine groups is 1. The van der Waals surface area contributed by atoms with Gasteiger partial charge in [0, 0.05) is 27.7 Å². The first-order valence-electron chi connectivity index (χ1n) is 13.9. The summed E-state index contributed by atoms with van der Waals surface area (Å²) in [6, 6.07) is 16.5. The van der Waals surface area contributed by atoms with E-state index in [-0.39, 0.29) is 33.1 Å². The van der Waals surface area contributed by atoms with Gasteiger partial charge in [0.1, 0.15) is 30.2 Å². The molecule has 2 unspecified atom stereocenters. The van der Waals surface area contributed by atoms with Gasteiger partial charge in [-0.1, -0.05) is 59.6 Å². The van der Waals surface area contributed by atoms with Crippen molar-refractivity contribution in [3.8, 4) is 0 Å². The predicted molar refractivity (Wildman–Crippen MR) is 177 cm³/mol. The van der Waals surface area contributed by atoms with Gasteiger partial charge in [0.2, 0.25) is 0 Å². The molecule has 2 aliphatic heterocycles. The number of fused-ring (bicyclic) bond motifs is 1. The van der Waals surface area contributed by atoms with Crippen molar-refractivity contribution in [2.45, 2.75) is 12.1 Å². The van der Waals surface area contributed by atoms with Crippen molar-refractivity contribution in [3.63, 3.8) is 0 Å². The van der Waals surface area contributed by atoms with Crippen molar-refractivity contribution in [3.05, 3.63) is 147 Å². The van der Waals surface area contributed by atoms with E-state index in [1.165, 1.54) is 22.2 Å². The molecule has 2 aliphatic rings. The van der Waals surface area contributed by atoms with Crippen LogP contribution in [0.5, 0.6) is 0 Å².